The Balaban J connectivity index is 1.44. The van der Waals surface area contributed by atoms with Crippen molar-refractivity contribution in [2.24, 2.45) is 4.99 Å². The Morgan fingerprint density at radius 3 is 2.60 bits per heavy atom. The Kier molecular flexibility index (Phi) is 7.89. The highest BCUT2D eigenvalue weighted by Crippen LogP contribution is 2.19. The Bertz CT molecular complexity index is 978. The zero-order valence-corrected chi connectivity index (χ0v) is 17.8. The number of guanidine groups is 1. The van der Waals surface area contributed by atoms with Crippen LogP contribution < -0.4 is 16.0 Å². The molecule has 158 valence electrons. The van der Waals surface area contributed by atoms with Gasteiger partial charge < -0.3 is 20.9 Å². The molecule has 0 saturated heterocycles. The average Bonchev–Trinajstić information content (AvgIpc) is 3.14. The van der Waals surface area contributed by atoms with Crippen molar-refractivity contribution in [1.82, 2.24) is 20.9 Å². The van der Waals surface area contributed by atoms with Gasteiger partial charge in [-0.05, 0) is 49.4 Å². The number of aromatic amines is 1. The maximum absolute atomic E-state index is 12.1. The molecule has 0 radical (unpaired) electrons. The van der Waals surface area contributed by atoms with Gasteiger partial charge in [-0.25, -0.2) is 4.99 Å². The molecule has 0 atom stereocenters. The molecule has 0 spiro atoms. The van der Waals surface area contributed by atoms with E-state index in [1.807, 2.05) is 25.1 Å². The summed E-state index contributed by atoms with van der Waals surface area (Å²) in [6.07, 6.45) is 3.76. The Hall–Kier alpha value is -3.28. The van der Waals surface area contributed by atoms with E-state index in [4.69, 9.17) is 0 Å². The summed E-state index contributed by atoms with van der Waals surface area (Å²) in [6.45, 7) is 6.31. The lowest BCUT2D eigenvalue weighted by molar-refractivity contribution is -0.119. The van der Waals surface area contributed by atoms with E-state index < -0.39 is 0 Å². The third kappa shape index (κ3) is 6.37. The van der Waals surface area contributed by atoms with Crippen molar-refractivity contribution in [2.45, 2.75) is 26.7 Å². The number of benzene rings is 2. The number of fused-ring (bicyclic) bond motifs is 1. The minimum Gasteiger partial charge on any atom is -0.361 e. The second-order valence-corrected chi connectivity index (χ2v) is 7.32. The molecule has 0 aliphatic heterocycles. The number of aromatic nitrogens is 1. The van der Waals surface area contributed by atoms with Crippen molar-refractivity contribution in [3.05, 3.63) is 71.4 Å². The van der Waals surface area contributed by atoms with Gasteiger partial charge in [-0.15, -0.1) is 0 Å². The SMILES string of the molecule is CCNC(=NCC(=O)NCCc1ccccc1)NCCc1c[nH]c2cc(C)ccc12. The molecule has 1 aromatic heterocycles. The molecule has 3 aromatic rings. The van der Waals surface area contributed by atoms with Gasteiger partial charge in [-0.3, -0.25) is 4.79 Å². The number of H-pyrrole nitrogens is 1. The molecule has 0 saturated carbocycles. The summed E-state index contributed by atoms with van der Waals surface area (Å²) in [5, 5.41) is 10.7. The van der Waals surface area contributed by atoms with Crippen LogP contribution in [0.3, 0.4) is 0 Å². The molecule has 0 bridgehead atoms. The van der Waals surface area contributed by atoms with Gasteiger partial charge in [0, 0.05) is 36.7 Å². The van der Waals surface area contributed by atoms with Crippen LogP contribution in [-0.4, -0.2) is 43.0 Å². The van der Waals surface area contributed by atoms with Crippen molar-refractivity contribution in [3.8, 4) is 0 Å². The molecule has 2 aromatic carbocycles. The Labute approximate surface area is 178 Å². The van der Waals surface area contributed by atoms with Crippen LogP contribution in [0.25, 0.3) is 10.9 Å². The van der Waals surface area contributed by atoms with E-state index >= 15 is 0 Å². The standard InChI is InChI=1S/C24H31N5O/c1-3-25-24(29-17-23(30)26-13-11-19-7-5-4-6-8-19)27-14-12-20-16-28-22-15-18(2)9-10-21(20)22/h4-10,15-16,28H,3,11-14,17H2,1-2H3,(H,26,30)(H2,25,27,29). The lowest BCUT2D eigenvalue weighted by Gasteiger charge is -2.11. The second kappa shape index (κ2) is 11.0. The third-order valence-electron chi connectivity index (χ3n) is 4.91. The summed E-state index contributed by atoms with van der Waals surface area (Å²) in [5.41, 5.74) is 4.89. The molecule has 0 unspecified atom stereocenters. The molecule has 0 fully saturated rings. The first-order valence-corrected chi connectivity index (χ1v) is 10.5. The van der Waals surface area contributed by atoms with Crippen molar-refractivity contribution >= 4 is 22.8 Å². The molecule has 0 aliphatic carbocycles. The van der Waals surface area contributed by atoms with Gasteiger partial charge in [0.1, 0.15) is 6.54 Å². The number of aryl methyl sites for hydroxylation is 1. The van der Waals surface area contributed by atoms with E-state index in [1.54, 1.807) is 0 Å². The van der Waals surface area contributed by atoms with Crippen LogP contribution in [0.1, 0.15) is 23.6 Å². The summed E-state index contributed by atoms with van der Waals surface area (Å²) < 4.78 is 0. The number of hydrogen-bond acceptors (Lipinski definition) is 2. The quantitative estimate of drug-likeness (QED) is 0.326. The topological polar surface area (TPSA) is 81.3 Å². The van der Waals surface area contributed by atoms with Crippen molar-refractivity contribution < 1.29 is 4.79 Å². The molecule has 6 nitrogen and oxygen atoms in total. The maximum atomic E-state index is 12.1. The van der Waals surface area contributed by atoms with Gasteiger partial charge in [-0.1, -0.05) is 42.5 Å². The monoisotopic (exact) mass is 405 g/mol. The zero-order valence-electron chi connectivity index (χ0n) is 17.8. The number of nitrogens with one attached hydrogen (secondary N) is 4. The van der Waals surface area contributed by atoms with E-state index in [0.29, 0.717) is 12.5 Å². The van der Waals surface area contributed by atoms with Crippen LogP contribution in [0.4, 0.5) is 0 Å². The number of hydrogen-bond donors (Lipinski definition) is 4. The van der Waals surface area contributed by atoms with Gasteiger partial charge in [0.05, 0.1) is 0 Å². The average molecular weight is 406 g/mol. The smallest absolute Gasteiger partial charge is 0.241 e. The molecule has 3 rings (SSSR count). The first-order chi connectivity index (χ1) is 14.7. The van der Waals surface area contributed by atoms with E-state index in [2.05, 4.69) is 69.4 Å². The lowest BCUT2D eigenvalue weighted by Crippen LogP contribution is -2.39. The summed E-state index contributed by atoms with van der Waals surface area (Å²) in [5.74, 6) is 0.585. The van der Waals surface area contributed by atoms with Crippen LogP contribution in [0.5, 0.6) is 0 Å². The molecule has 6 heteroatoms. The van der Waals surface area contributed by atoms with Crippen molar-refractivity contribution in [2.75, 3.05) is 26.2 Å². The lowest BCUT2D eigenvalue weighted by atomic mass is 10.1. The van der Waals surface area contributed by atoms with Gasteiger partial charge >= 0.3 is 0 Å². The minimum atomic E-state index is -0.0740. The first kappa shape index (κ1) is 21.4. The number of nitrogens with zero attached hydrogens (tertiary/aromatic N) is 1. The number of amides is 1. The van der Waals surface area contributed by atoms with Gasteiger partial charge in [0.15, 0.2) is 5.96 Å². The van der Waals surface area contributed by atoms with Crippen LogP contribution in [0.2, 0.25) is 0 Å². The summed E-state index contributed by atoms with van der Waals surface area (Å²) in [4.78, 5) is 19.8. The molecule has 1 amide bonds. The number of aliphatic imine (C=N–C) groups is 1. The normalized spacial score (nSPS) is 11.5. The Morgan fingerprint density at radius 1 is 1.00 bits per heavy atom. The number of carbonyl (C=O) groups excluding carboxylic acids is 1. The summed E-state index contributed by atoms with van der Waals surface area (Å²) in [7, 11) is 0. The summed E-state index contributed by atoms with van der Waals surface area (Å²) >= 11 is 0. The van der Waals surface area contributed by atoms with E-state index in [0.717, 1.165) is 31.4 Å². The van der Waals surface area contributed by atoms with Crippen LogP contribution in [-0.2, 0) is 17.6 Å². The fourth-order valence-electron chi connectivity index (χ4n) is 3.36. The van der Waals surface area contributed by atoms with E-state index in [1.165, 1.54) is 22.1 Å². The van der Waals surface area contributed by atoms with Crippen LogP contribution in [0.15, 0.2) is 59.7 Å². The molecule has 0 aliphatic rings. The van der Waals surface area contributed by atoms with Gasteiger partial charge in [0.2, 0.25) is 5.91 Å². The molecule has 4 N–H and O–H groups in total. The molecule has 30 heavy (non-hydrogen) atoms. The van der Waals surface area contributed by atoms with E-state index in [9.17, 15) is 4.79 Å². The third-order valence-corrected chi connectivity index (χ3v) is 4.91. The highest BCUT2D eigenvalue weighted by Gasteiger charge is 2.05. The van der Waals surface area contributed by atoms with Crippen LogP contribution >= 0.6 is 0 Å². The fourth-order valence-corrected chi connectivity index (χ4v) is 3.36. The largest absolute Gasteiger partial charge is 0.361 e. The van der Waals surface area contributed by atoms with Crippen LogP contribution in [0, 0.1) is 6.92 Å². The predicted molar refractivity (Wildman–Crippen MR) is 124 cm³/mol. The minimum absolute atomic E-state index is 0.0740. The molecule has 1 heterocycles. The van der Waals surface area contributed by atoms with Gasteiger partial charge in [0.25, 0.3) is 0 Å². The Morgan fingerprint density at radius 2 is 1.80 bits per heavy atom. The highest BCUT2D eigenvalue weighted by molar-refractivity contribution is 5.85. The van der Waals surface area contributed by atoms with Crippen molar-refractivity contribution in [1.29, 1.82) is 0 Å². The highest BCUT2D eigenvalue weighted by atomic mass is 16.1. The zero-order chi connectivity index (χ0) is 21.2. The number of rotatable bonds is 9. The first-order valence-electron chi connectivity index (χ1n) is 10.5. The van der Waals surface area contributed by atoms with E-state index in [-0.39, 0.29) is 12.5 Å². The predicted octanol–water partition coefficient (Wildman–Crippen LogP) is 2.93. The second-order valence-electron chi connectivity index (χ2n) is 7.32. The fraction of sp³-hybridized carbons (Fsp3) is 0.333. The molecular weight excluding hydrogens is 374 g/mol. The summed E-state index contributed by atoms with van der Waals surface area (Å²) in [6, 6.07) is 16.6. The maximum Gasteiger partial charge on any atom is 0.241 e. The van der Waals surface area contributed by atoms with Crippen molar-refractivity contribution in [3.63, 3.8) is 0 Å². The van der Waals surface area contributed by atoms with Gasteiger partial charge in [-0.2, -0.15) is 0 Å². The number of carbonyl (C=O) groups is 1. The molecular formula is C24H31N5O.